The molecule has 1 aromatic carbocycles. The molecule has 2 aromatic heterocycles. The van der Waals surface area contributed by atoms with Crippen LogP contribution in [0.1, 0.15) is 15.9 Å². The van der Waals surface area contributed by atoms with Gasteiger partial charge in [-0.3, -0.25) is 4.79 Å². The number of hydrogen-bond acceptors (Lipinski definition) is 6. The van der Waals surface area contributed by atoms with Gasteiger partial charge in [0.2, 0.25) is 0 Å². The molecule has 0 radical (unpaired) electrons. The number of alkyl halides is 2. The summed E-state index contributed by atoms with van der Waals surface area (Å²) in [4.78, 5) is 19.3. The van der Waals surface area contributed by atoms with Crippen molar-refractivity contribution in [3.8, 4) is 5.75 Å². The van der Waals surface area contributed by atoms with Crippen LogP contribution in [0.15, 0.2) is 36.8 Å². The van der Waals surface area contributed by atoms with Crippen LogP contribution in [0.3, 0.4) is 0 Å². The van der Waals surface area contributed by atoms with Gasteiger partial charge in [-0.1, -0.05) is 0 Å². The maximum atomic E-state index is 13.2. The van der Waals surface area contributed by atoms with Crippen LogP contribution in [0.25, 0.3) is 5.65 Å². The molecule has 1 saturated heterocycles. The van der Waals surface area contributed by atoms with Crippen LogP contribution in [0.2, 0.25) is 0 Å². The highest BCUT2D eigenvalue weighted by atomic mass is 19.3. The average Bonchev–Trinajstić information content (AvgIpc) is 3.38. The molecule has 2 aliphatic heterocycles. The standard InChI is InChI=1S/C20H19F2N5O3/c21-18(22)17-9-12-8-14(15(10-16(12)30-17)26-4-6-29-7-5-26)25-20(28)13-11-24-27-3-1-2-23-19(13)27/h1-3,8,10-11,17-18H,4-7,9H2,(H,25,28). The van der Waals surface area contributed by atoms with Crippen molar-refractivity contribution in [2.75, 3.05) is 36.5 Å². The zero-order chi connectivity index (χ0) is 20.7. The predicted molar refractivity (Wildman–Crippen MR) is 105 cm³/mol. The zero-order valence-electron chi connectivity index (χ0n) is 15.9. The first-order chi connectivity index (χ1) is 14.6. The third-order valence-corrected chi connectivity index (χ3v) is 5.28. The number of nitrogens with one attached hydrogen (secondary N) is 1. The van der Waals surface area contributed by atoms with Crippen molar-refractivity contribution < 1.29 is 23.0 Å². The Kier molecular flexibility index (Phi) is 4.70. The van der Waals surface area contributed by atoms with E-state index in [9.17, 15) is 13.6 Å². The van der Waals surface area contributed by atoms with Crippen LogP contribution < -0.4 is 15.0 Å². The number of aromatic nitrogens is 3. The largest absolute Gasteiger partial charge is 0.484 e. The Balaban J connectivity index is 1.50. The van der Waals surface area contributed by atoms with E-state index in [1.807, 2.05) is 4.90 Å². The molecule has 4 heterocycles. The molecule has 1 unspecified atom stereocenters. The summed E-state index contributed by atoms with van der Waals surface area (Å²) in [6.45, 7) is 2.34. The number of carbonyl (C=O) groups excluding carboxylic acids is 1. The number of anilines is 2. The van der Waals surface area contributed by atoms with Crippen molar-refractivity contribution in [3.05, 3.63) is 47.9 Å². The molecule has 1 atom stereocenters. The van der Waals surface area contributed by atoms with Gasteiger partial charge in [-0.15, -0.1) is 0 Å². The number of halogens is 2. The Morgan fingerprint density at radius 3 is 2.90 bits per heavy atom. The van der Waals surface area contributed by atoms with Gasteiger partial charge in [-0.25, -0.2) is 18.3 Å². The maximum absolute atomic E-state index is 13.2. The number of hydrogen-bond donors (Lipinski definition) is 1. The van der Waals surface area contributed by atoms with Gasteiger partial charge in [-0.2, -0.15) is 5.10 Å². The number of carbonyl (C=O) groups is 1. The van der Waals surface area contributed by atoms with E-state index < -0.39 is 12.5 Å². The van der Waals surface area contributed by atoms with Gasteiger partial charge in [0.1, 0.15) is 11.3 Å². The molecular formula is C20H19F2N5O3. The lowest BCUT2D eigenvalue weighted by Crippen LogP contribution is -2.36. The van der Waals surface area contributed by atoms with Gasteiger partial charge in [0.05, 0.1) is 30.8 Å². The van der Waals surface area contributed by atoms with E-state index in [1.165, 1.54) is 10.7 Å². The molecule has 1 fully saturated rings. The molecule has 2 aliphatic rings. The number of morpholine rings is 1. The van der Waals surface area contributed by atoms with Crippen LogP contribution in [0, 0.1) is 0 Å². The van der Waals surface area contributed by atoms with Gasteiger partial charge in [-0.05, 0) is 12.1 Å². The summed E-state index contributed by atoms with van der Waals surface area (Å²) in [5.41, 5.74) is 2.65. The molecule has 1 amide bonds. The SMILES string of the molecule is O=C(Nc1cc2c(cc1N1CCOCC1)OC(C(F)F)C2)c1cnn2cccnc12. The fourth-order valence-electron chi connectivity index (χ4n) is 3.79. The van der Waals surface area contributed by atoms with Crippen molar-refractivity contribution >= 4 is 22.9 Å². The number of rotatable bonds is 4. The molecule has 3 aromatic rings. The second-order valence-electron chi connectivity index (χ2n) is 7.17. The van der Waals surface area contributed by atoms with Crippen LogP contribution in [-0.4, -0.2) is 59.3 Å². The average molecular weight is 415 g/mol. The maximum Gasteiger partial charge on any atom is 0.275 e. The van der Waals surface area contributed by atoms with Crippen molar-refractivity contribution in [3.63, 3.8) is 0 Å². The Morgan fingerprint density at radius 1 is 1.27 bits per heavy atom. The third kappa shape index (κ3) is 3.32. The van der Waals surface area contributed by atoms with E-state index in [0.717, 1.165) is 0 Å². The number of benzene rings is 1. The molecule has 1 N–H and O–H groups in total. The summed E-state index contributed by atoms with van der Waals surface area (Å²) >= 11 is 0. The van der Waals surface area contributed by atoms with E-state index in [4.69, 9.17) is 9.47 Å². The third-order valence-electron chi connectivity index (χ3n) is 5.28. The molecule has 0 saturated carbocycles. The molecule has 10 heteroatoms. The van der Waals surface area contributed by atoms with Crippen molar-refractivity contribution in [2.45, 2.75) is 19.0 Å². The predicted octanol–water partition coefficient (Wildman–Crippen LogP) is 2.39. The Morgan fingerprint density at radius 2 is 2.10 bits per heavy atom. The topological polar surface area (TPSA) is 81.0 Å². The zero-order valence-corrected chi connectivity index (χ0v) is 15.9. The van der Waals surface area contributed by atoms with E-state index in [2.05, 4.69) is 15.4 Å². The molecular weight excluding hydrogens is 396 g/mol. The fourth-order valence-corrected chi connectivity index (χ4v) is 3.79. The van der Waals surface area contributed by atoms with Gasteiger partial charge in [0.15, 0.2) is 11.8 Å². The summed E-state index contributed by atoms with van der Waals surface area (Å²) in [5.74, 6) is 0.0555. The molecule has 0 bridgehead atoms. The monoisotopic (exact) mass is 415 g/mol. The van der Waals surface area contributed by atoms with E-state index in [-0.39, 0.29) is 12.3 Å². The van der Waals surface area contributed by atoms with Gasteiger partial charge in [0, 0.05) is 43.5 Å². The molecule has 8 nitrogen and oxygen atoms in total. The van der Waals surface area contributed by atoms with Crippen LogP contribution in [0.5, 0.6) is 5.75 Å². The summed E-state index contributed by atoms with van der Waals surface area (Å²) < 4.78 is 38.7. The summed E-state index contributed by atoms with van der Waals surface area (Å²) in [7, 11) is 0. The second-order valence-corrected chi connectivity index (χ2v) is 7.17. The lowest BCUT2D eigenvalue weighted by Gasteiger charge is -2.31. The lowest BCUT2D eigenvalue weighted by atomic mass is 10.1. The molecule has 30 heavy (non-hydrogen) atoms. The Bertz CT molecular complexity index is 1100. The van der Waals surface area contributed by atoms with Gasteiger partial charge in [0.25, 0.3) is 12.3 Å². The summed E-state index contributed by atoms with van der Waals surface area (Å²) in [5, 5.41) is 7.06. The van der Waals surface area contributed by atoms with Gasteiger partial charge >= 0.3 is 0 Å². The summed E-state index contributed by atoms with van der Waals surface area (Å²) in [6.07, 6.45) is 1.09. The van der Waals surface area contributed by atoms with Crippen molar-refractivity contribution in [1.29, 1.82) is 0 Å². The Hall–Kier alpha value is -3.27. The number of nitrogens with zero attached hydrogens (tertiary/aromatic N) is 4. The first-order valence-corrected chi connectivity index (χ1v) is 9.64. The quantitative estimate of drug-likeness (QED) is 0.705. The van der Waals surface area contributed by atoms with Crippen molar-refractivity contribution in [1.82, 2.24) is 14.6 Å². The van der Waals surface area contributed by atoms with Crippen LogP contribution >= 0.6 is 0 Å². The normalized spacial score (nSPS) is 18.5. The fraction of sp³-hybridized carbons (Fsp3) is 0.350. The smallest absolute Gasteiger partial charge is 0.275 e. The highest BCUT2D eigenvalue weighted by Gasteiger charge is 2.32. The molecule has 5 rings (SSSR count). The minimum atomic E-state index is -2.58. The first kappa shape index (κ1) is 18.7. The minimum Gasteiger partial charge on any atom is -0.484 e. The van der Waals surface area contributed by atoms with E-state index in [1.54, 1.807) is 30.6 Å². The molecule has 0 aliphatic carbocycles. The number of fused-ring (bicyclic) bond motifs is 2. The van der Waals surface area contributed by atoms with E-state index >= 15 is 0 Å². The minimum absolute atomic E-state index is 0.0948. The summed E-state index contributed by atoms with van der Waals surface area (Å²) in [6, 6.07) is 5.17. The van der Waals surface area contributed by atoms with Gasteiger partial charge < -0.3 is 19.7 Å². The van der Waals surface area contributed by atoms with E-state index in [0.29, 0.717) is 60.2 Å². The number of amides is 1. The highest BCUT2D eigenvalue weighted by molar-refractivity contribution is 6.09. The second kappa shape index (κ2) is 7.52. The first-order valence-electron chi connectivity index (χ1n) is 9.64. The number of ether oxygens (including phenoxy) is 2. The van der Waals surface area contributed by atoms with Crippen molar-refractivity contribution in [2.24, 2.45) is 0 Å². The Labute approximate surface area is 170 Å². The highest BCUT2D eigenvalue weighted by Crippen LogP contribution is 2.40. The lowest BCUT2D eigenvalue weighted by molar-refractivity contribution is 0.0246. The molecule has 156 valence electrons. The van der Waals surface area contributed by atoms with Crippen LogP contribution in [0.4, 0.5) is 20.2 Å². The molecule has 0 spiro atoms. The van der Waals surface area contributed by atoms with Crippen LogP contribution in [-0.2, 0) is 11.2 Å².